The van der Waals surface area contributed by atoms with Gasteiger partial charge in [-0.15, -0.1) is 5.54 Å². The topological polar surface area (TPSA) is 42.3 Å². The predicted octanol–water partition coefficient (Wildman–Crippen LogP) is 6.11. The number of nitrogens with zero attached hydrogens (tertiary/aromatic N) is 3. The summed E-state index contributed by atoms with van der Waals surface area (Å²) in [5.41, 5.74) is 1.62. The fraction of sp³-hybridized carbons (Fsp3) is 0.737. The summed E-state index contributed by atoms with van der Waals surface area (Å²) in [6.45, 7) is 20.3. The van der Waals surface area contributed by atoms with E-state index in [1.165, 1.54) is 23.7 Å². The van der Waals surface area contributed by atoms with Crippen molar-refractivity contribution in [3.63, 3.8) is 0 Å². The zero-order valence-electron chi connectivity index (χ0n) is 18.3. The molecule has 0 saturated heterocycles. The van der Waals surface area contributed by atoms with E-state index in [-0.39, 0.29) is 36.7 Å². The first-order valence-corrected chi connectivity index (χ1v) is 11.2. The molecule has 24 heavy (non-hydrogen) atoms. The molecule has 0 aromatic rings. The monoisotopic (exact) mass is 575 g/mol. The van der Waals surface area contributed by atoms with Gasteiger partial charge in [0.2, 0.25) is 0 Å². The molecular formula is C19H39N3SiU-3. The van der Waals surface area contributed by atoms with Gasteiger partial charge in [0, 0.05) is 31.1 Å². The number of hydrogen-bond donors (Lipinski definition) is 0. The second-order valence-corrected chi connectivity index (χ2v) is 11.5. The Bertz CT molecular complexity index is 289. The van der Waals surface area contributed by atoms with Crippen LogP contribution < -0.4 is 0 Å². The molecule has 1 aliphatic rings. The van der Waals surface area contributed by atoms with Crippen LogP contribution in [-0.2, 0) is 0 Å². The molecular weight excluding hydrogens is 536 g/mol. The van der Waals surface area contributed by atoms with Crippen molar-refractivity contribution in [1.82, 2.24) is 0 Å². The fourth-order valence-corrected chi connectivity index (χ4v) is 7.03. The van der Waals surface area contributed by atoms with Crippen molar-refractivity contribution in [2.75, 3.05) is 28.2 Å². The molecule has 0 aliphatic heterocycles. The van der Waals surface area contributed by atoms with Gasteiger partial charge in [0.05, 0.1) is 0 Å². The Morgan fingerprint density at radius 2 is 0.917 bits per heavy atom. The van der Waals surface area contributed by atoms with Crippen LogP contribution in [0.2, 0.25) is 13.1 Å². The Morgan fingerprint density at radius 3 is 1.12 bits per heavy atom. The molecule has 0 heterocycles. The second-order valence-electron chi connectivity index (χ2n) is 7.61. The average Bonchev–Trinajstić information content (AvgIpc) is 2.53. The number of rotatable bonds is 2. The van der Waals surface area contributed by atoms with Crippen molar-refractivity contribution in [1.29, 1.82) is 0 Å². The molecule has 0 atom stereocenters. The maximum absolute atomic E-state index is 5.13. The van der Waals surface area contributed by atoms with E-state index in [1.807, 2.05) is 0 Å². The number of hydrogen-bond acceptors (Lipinski definition) is 0. The van der Waals surface area contributed by atoms with Gasteiger partial charge in [0.15, 0.2) is 0 Å². The summed E-state index contributed by atoms with van der Waals surface area (Å²) in [6, 6.07) is 0. The maximum Gasteiger partial charge on any atom is 0 e. The van der Waals surface area contributed by atoms with Crippen molar-refractivity contribution in [3.05, 3.63) is 44.8 Å². The molecule has 3 nitrogen and oxygen atoms in total. The summed E-state index contributed by atoms with van der Waals surface area (Å²) in [4.78, 5) is 5.13. The third kappa shape index (κ3) is 10.3. The van der Waals surface area contributed by atoms with E-state index in [4.69, 9.17) is 4.98 Å². The first kappa shape index (κ1) is 29.9. The quantitative estimate of drug-likeness (QED) is 0.357. The van der Waals surface area contributed by atoms with Gasteiger partial charge in [-0.25, -0.2) is 0 Å². The third-order valence-corrected chi connectivity index (χ3v) is 6.87. The van der Waals surface area contributed by atoms with Gasteiger partial charge in [-0.3, -0.25) is 0 Å². The van der Waals surface area contributed by atoms with Crippen LogP contribution in [0.3, 0.4) is 0 Å². The van der Waals surface area contributed by atoms with E-state index in [9.17, 15) is 0 Å². The predicted molar refractivity (Wildman–Crippen MR) is 110 cm³/mol. The Kier molecular flexibility index (Phi) is 16.6. The van der Waals surface area contributed by atoms with Gasteiger partial charge < -0.3 is 15.6 Å². The molecule has 0 aromatic heterocycles. The zero-order valence-corrected chi connectivity index (χ0v) is 23.5. The van der Waals surface area contributed by atoms with Crippen LogP contribution >= 0.6 is 0 Å². The average molecular weight is 576 g/mol. The third-order valence-electron chi connectivity index (χ3n) is 3.66. The first-order valence-electron chi connectivity index (χ1n) is 8.24. The van der Waals surface area contributed by atoms with E-state index in [2.05, 4.69) is 72.2 Å². The maximum atomic E-state index is 5.13. The summed E-state index contributed by atoms with van der Waals surface area (Å²) in [5, 5.41) is 7.00. The molecule has 0 aromatic carbocycles. The van der Waals surface area contributed by atoms with Gasteiger partial charge >= 0.3 is 0 Å². The molecule has 0 amide bonds. The van der Waals surface area contributed by atoms with Gasteiger partial charge in [-0.2, -0.15) is 28.2 Å². The van der Waals surface area contributed by atoms with Crippen molar-refractivity contribution in [2.45, 2.75) is 67.1 Å². The Balaban J connectivity index is -0.000000550. The van der Waals surface area contributed by atoms with Gasteiger partial charge in [0.1, 0.15) is 0 Å². The molecule has 0 N–H and O–H groups in total. The summed E-state index contributed by atoms with van der Waals surface area (Å²) in [5.74, 6) is 5.87. The van der Waals surface area contributed by atoms with Crippen molar-refractivity contribution in [3.8, 4) is 0 Å². The van der Waals surface area contributed by atoms with Crippen LogP contribution in [0.4, 0.5) is 0 Å². The van der Waals surface area contributed by atoms with Crippen LogP contribution in [-0.4, -0.2) is 42.0 Å². The summed E-state index contributed by atoms with van der Waals surface area (Å²) < 4.78 is 0. The molecule has 5 radical (unpaired) electrons. The molecule has 141 valence electrons. The minimum absolute atomic E-state index is 0. The molecule has 0 bridgehead atoms. The minimum atomic E-state index is -1.69. The van der Waals surface area contributed by atoms with Gasteiger partial charge in [-0.1, -0.05) is 69.8 Å². The van der Waals surface area contributed by atoms with E-state index in [0.29, 0.717) is 0 Å². The summed E-state index contributed by atoms with van der Waals surface area (Å²) in [6.07, 6.45) is 0. The first-order chi connectivity index (χ1) is 10.3. The molecule has 1 aliphatic carbocycles. The smallest absolute Gasteiger partial charge is 0 e. The largest absolute Gasteiger partial charge is 0.668 e. The Hall–Kier alpha value is 1.15. The standard InChI is InChI=1S/C15H27NSi.2C2H6N.U/c1-10-11(2)13(4)14(12(10)3)17(8,9)16-15(5,6)7;2*1-3-2;/h1-9H3;2*1-2H3;/q3*-1;. The minimum Gasteiger partial charge on any atom is -0.668 e. The van der Waals surface area contributed by atoms with Crippen LogP contribution in [0.1, 0.15) is 48.5 Å². The second kappa shape index (κ2) is 13.3. The van der Waals surface area contributed by atoms with Gasteiger partial charge in [-0.05, 0) is 29.2 Å². The molecule has 0 spiro atoms. The summed E-state index contributed by atoms with van der Waals surface area (Å²) in [7, 11) is 5.31. The van der Waals surface area contributed by atoms with Crippen LogP contribution in [0.5, 0.6) is 0 Å². The van der Waals surface area contributed by atoms with E-state index in [1.54, 1.807) is 33.7 Å². The van der Waals surface area contributed by atoms with Crippen molar-refractivity contribution >= 4 is 8.24 Å². The van der Waals surface area contributed by atoms with E-state index < -0.39 is 8.24 Å². The Morgan fingerprint density at radius 1 is 0.667 bits per heavy atom. The zero-order chi connectivity index (χ0) is 19.0. The van der Waals surface area contributed by atoms with E-state index >= 15 is 0 Å². The van der Waals surface area contributed by atoms with Crippen LogP contribution in [0.25, 0.3) is 15.6 Å². The SMILES string of the molecule is C[C]1[C](C)[C](C)[C]([Si](C)(C)[N-]C(C)(C)C)[C]1C.C[N-]C.C[N-]C.[U]. The van der Waals surface area contributed by atoms with Crippen molar-refractivity contribution in [2.24, 2.45) is 0 Å². The molecule has 1 saturated carbocycles. The van der Waals surface area contributed by atoms with E-state index in [0.717, 1.165) is 0 Å². The molecule has 0 unspecified atom stereocenters. The normalized spacial score (nSPS) is 18.4. The van der Waals surface area contributed by atoms with Crippen molar-refractivity contribution < 1.29 is 31.1 Å². The molecule has 1 rings (SSSR count). The summed E-state index contributed by atoms with van der Waals surface area (Å²) >= 11 is 0. The fourth-order valence-electron chi connectivity index (χ4n) is 3.03. The molecule has 5 heteroatoms. The Labute approximate surface area is 178 Å². The van der Waals surface area contributed by atoms with Crippen LogP contribution in [0, 0.1) is 60.3 Å². The van der Waals surface area contributed by atoms with Crippen LogP contribution in [0.15, 0.2) is 0 Å². The van der Waals surface area contributed by atoms with Gasteiger partial charge in [0.25, 0.3) is 0 Å². The molecule has 1 fully saturated rings.